The highest BCUT2D eigenvalue weighted by Crippen LogP contribution is 2.36. The summed E-state index contributed by atoms with van der Waals surface area (Å²) in [6, 6.07) is 3.04. The molecule has 0 fully saturated rings. The first-order valence-electron chi connectivity index (χ1n) is 5.16. The summed E-state index contributed by atoms with van der Waals surface area (Å²) < 4.78 is 28.8. The maximum absolute atomic E-state index is 11.4. The van der Waals surface area contributed by atoms with E-state index in [2.05, 4.69) is 21.2 Å². The van der Waals surface area contributed by atoms with E-state index in [9.17, 15) is 8.42 Å². The van der Waals surface area contributed by atoms with Crippen LogP contribution in [0, 0.1) is 0 Å². The third-order valence-corrected chi connectivity index (χ3v) is 4.18. The predicted molar refractivity (Wildman–Crippen MR) is 77.2 cm³/mol. The monoisotopic (exact) mass is 355 g/mol. The van der Waals surface area contributed by atoms with Crippen molar-refractivity contribution in [2.45, 2.75) is 6.04 Å². The maximum atomic E-state index is 11.4. The highest BCUT2D eigenvalue weighted by atomic mass is 79.9. The second-order valence-electron chi connectivity index (χ2n) is 3.94. The lowest BCUT2D eigenvalue weighted by Gasteiger charge is -2.19. The third kappa shape index (κ3) is 4.12. The maximum Gasteiger partial charge on any atom is 0.149 e. The fraction of sp³-hybridized carbons (Fsp3) is 0.455. The number of nitrogens with one attached hydrogen (secondary N) is 1. The Kier molecular flexibility index (Phi) is 5.46. The molecule has 0 spiro atoms. The summed E-state index contributed by atoms with van der Waals surface area (Å²) in [5.41, 5.74) is 0.713. The van der Waals surface area contributed by atoms with Gasteiger partial charge in [0.05, 0.1) is 17.3 Å². The minimum atomic E-state index is -3.11. The Morgan fingerprint density at radius 1 is 1.50 bits per heavy atom. The molecule has 1 aromatic rings. The summed E-state index contributed by atoms with van der Waals surface area (Å²) in [4.78, 5) is 0. The summed E-state index contributed by atoms with van der Waals surface area (Å²) in [6.45, 7) is 0. The first kappa shape index (κ1) is 15.8. The van der Waals surface area contributed by atoms with Crippen LogP contribution in [0.4, 0.5) is 0 Å². The van der Waals surface area contributed by atoms with E-state index >= 15 is 0 Å². The Bertz CT molecular complexity index is 533. The van der Waals surface area contributed by atoms with Crippen LogP contribution in [0.25, 0.3) is 0 Å². The smallest absolute Gasteiger partial charge is 0.149 e. The summed E-state index contributed by atoms with van der Waals surface area (Å²) >= 11 is 9.34. The van der Waals surface area contributed by atoms with Gasteiger partial charge < -0.3 is 10.1 Å². The molecule has 0 aromatic heterocycles. The molecule has 0 heterocycles. The van der Waals surface area contributed by atoms with Crippen LogP contribution in [0.1, 0.15) is 11.6 Å². The van der Waals surface area contributed by atoms with Crippen LogP contribution in [0.15, 0.2) is 16.6 Å². The van der Waals surface area contributed by atoms with E-state index in [0.29, 0.717) is 20.8 Å². The van der Waals surface area contributed by atoms with E-state index in [1.807, 2.05) is 0 Å². The zero-order valence-corrected chi connectivity index (χ0v) is 13.5. The zero-order chi connectivity index (χ0) is 13.9. The molecule has 1 rings (SSSR count). The number of benzene rings is 1. The molecular formula is C11H15BrClNO3S. The molecule has 1 unspecified atom stereocenters. The van der Waals surface area contributed by atoms with Crippen molar-refractivity contribution in [2.24, 2.45) is 0 Å². The number of hydrogen-bond acceptors (Lipinski definition) is 4. The van der Waals surface area contributed by atoms with Crippen LogP contribution in [-0.4, -0.2) is 34.6 Å². The Hall–Kier alpha value is -0.300. The predicted octanol–water partition coefficient (Wildman–Crippen LogP) is 2.42. The van der Waals surface area contributed by atoms with Crippen molar-refractivity contribution in [3.63, 3.8) is 0 Å². The van der Waals surface area contributed by atoms with E-state index in [1.165, 1.54) is 13.4 Å². The molecular weight excluding hydrogens is 342 g/mol. The Labute approximate surface area is 121 Å². The number of methoxy groups -OCH3 is 1. The molecule has 0 amide bonds. The molecule has 1 aromatic carbocycles. The molecule has 4 nitrogen and oxygen atoms in total. The topological polar surface area (TPSA) is 55.4 Å². The summed E-state index contributed by atoms with van der Waals surface area (Å²) in [5.74, 6) is 0.564. The van der Waals surface area contributed by atoms with E-state index in [-0.39, 0.29) is 11.8 Å². The van der Waals surface area contributed by atoms with Crippen molar-refractivity contribution in [2.75, 3.05) is 26.2 Å². The van der Waals surface area contributed by atoms with E-state index in [0.717, 1.165) is 0 Å². The van der Waals surface area contributed by atoms with Crippen molar-refractivity contribution in [3.8, 4) is 5.75 Å². The molecule has 0 radical (unpaired) electrons. The fourth-order valence-corrected chi connectivity index (χ4v) is 3.63. The first-order valence-corrected chi connectivity index (χ1v) is 8.39. The van der Waals surface area contributed by atoms with Gasteiger partial charge in [0.1, 0.15) is 15.6 Å². The average Bonchev–Trinajstić information content (AvgIpc) is 2.23. The van der Waals surface area contributed by atoms with Gasteiger partial charge in [0.25, 0.3) is 0 Å². The summed E-state index contributed by atoms with van der Waals surface area (Å²) in [7, 11) is 0.120. The normalized spacial score (nSPS) is 13.4. The molecule has 0 aliphatic rings. The van der Waals surface area contributed by atoms with Crippen molar-refractivity contribution in [3.05, 3.63) is 27.2 Å². The van der Waals surface area contributed by atoms with Crippen LogP contribution >= 0.6 is 27.5 Å². The minimum Gasteiger partial charge on any atom is -0.495 e. The number of sulfone groups is 1. The summed E-state index contributed by atoms with van der Waals surface area (Å²) in [6.07, 6.45) is 1.20. The number of ether oxygens (including phenoxy) is 1. The number of rotatable bonds is 5. The first-order chi connectivity index (χ1) is 8.28. The average molecular weight is 357 g/mol. The van der Waals surface area contributed by atoms with E-state index in [1.54, 1.807) is 19.2 Å². The zero-order valence-electron chi connectivity index (χ0n) is 10.3. The lowest BCUT2D eigenvalue weighted by molar-refractivity contribution is 0.401. The van der Waals surface area contributed by atoms with Crippen LogP contribution in [0.3, 0.4) is 0 Å². The van der Waals surface area contributed by atoms with Gasteiger partial charge in [-0.1, -0.05) is 11.6 Å². The Morgan fingerprint density at radius 2 is 2.11 bits per heavy atom. The molecule has 18 heavy (non-hydrogen) atoms. The van der Waals surface area contributed by atoms with Crippen LogP contribution in [0.5, 0.6) is 5.75 Å². The Morgan fingerprint density at radius 3 is 2.56 bits per heavy atom. The molecule has 0 saturated heterocycles. The van der Waals surface area contributed by atoms with Crippen molar-refractivity contribution >= 4 is 37.4 Å². The molecule has 0 aliphatic heterocycles. The molecule has 1 atom stereocenters. The van der Waals surface area contributed by atoms with Gasteiger partial charge in [0.15, 0.2) is 0 Å². The van der Waals surface area contributed by atoms with Gasteiger partial charge in [-0.05, 0) is 35.1 Å². The third-order valence-electron chi connectivity index (χ3n) is 2.43. The quantitative estimate of drug-likeness (QED) is 0.880. The minimum absolute atomic E-state index is 0.0212. The van der Waals surface area contributed by atoms with Gasteiger partial charge in [-0.2, -0.15) is 0 Å². The SMILES string of the molecule is CNC(CS(C)(=O)=O)c1cc(Cl)cc(Br)c1OC. The van der Waals surface area contributed by atoms with Crippen LogP contribution in [-0.2, 0) is 9.84 Å². The second kappa shape index (κ2) is 6.23. The van der Waals surface area contributed by atoms with Crippen molar-refractivity contribution < 1.29 is 13.2 Å². The second-order valence-corrected chi connectivity index (χ2v) is 7.42. The standard InChI is InChI=1S/C11H15BrClNO3S/c1-14-10(6-18(3,15)16)8-4-7(13)5-9(12)11(8)17-2/h4-5,10,14H,6H2,1-3H3. The van der Waals surface area contributed by atoms with Gasteiger partial charge >= 0.3 is 0 Å². The lowest BCUT2D eigenvalue weighted by atomic mass is 10.1. The number of halogens is 2. The molecule has 7 heteroatoms. The van der Waals surface area contributed by atoms with E-state index < -0.39 is 9.84 Å². The van der Waals surface area contributed by atoms with Gasteiger partial charge in [-0.25, -0.2) is 8.42 Å². The van der Waals surface area contributed by atoms with Crippen molar-refractivity contribution in [1.82, 2.24) is 5.32 Å². The molecule has 1 N–H and O–H groups in total. The fourth-order valence-electron chi connectivity index (χ4n) is 1.69. The van der Waals surface area contributed by atoms with Gasteiger partial charge in [-0.3, -0.25) is 0 Å². The largest absolute Gasteiger partial charge is 0.495 e. The van der Waals surface area contributed by atoms with Crippen molar-refractivity contribution in [1.29, 1.82) is 0 Å². The van der Waals surface area contributed by atoms with Crippen LogP contribution < -0.4 is 10.1 Å². The van der Waals surface area contributed by atoms with Gasteiger partial charge in [-0.15, -0.1) is 0 Å². The molecule has 0 bridgehead atoms. The van der Waals surface area contributed by atoms with Gasteiger partial charge in [0, 0.05) is 22.9 Å². The highest BCUT2D eigenvalue weighted by molar-refractivity contribution is 9.10. The van der Waals surface area contributed by atoms with Crippen LogP contribution in [0.2, 0.25) is 5.02 Å². The molecule has 0 aliphatic carbocycles. The number of hydrogen-bond donors (Lipinski definition) is 1. The summed E-state index contributed by atoms with van der Waals surface area (Å²) in [5, 5.41) is 3.49. The highest BCUT2D eigenvalue weighted by Gasteiger charge is 2.21. The molecule has 0 saturated carbocycles. The molecule has 102 valence electrons. The Balaban J connectivity index is 3.28. The van der Waals surface area contributed by atoms with Gasteiger partial charge in [0.2, 0.25) is 0 Å². The van der Waals surface area contributed by atoms with E-state index in [4.69, 9.17) is 16.3 Å². The lowest BCUT2D eigenvalue weighted by Crippen LogP contribution is -2.25.